The monoisotopic (exact) mass is 281 g/mol. The van der Waals surface area contributed by atoms with Crippen molar-refractivity contribution in [2.45, 2.75) is 10.9 Å². The van der Waals surface area contributed by atoms with Crippen molar-refractivity contribution in [1.82, 2.24) is 0 Å². The zero-order valence-electron chi connectivity index (χ0n) is 10.1. The lowest BCUT2D eigenvalue weighted by Gasteiger charge is -2.04. The van der Waals surface area contributed by atoms with Crippen LogP contribution in [-0.4, -0.2) is 33.9 Å². The SMILES string of the molecule is N[C@H](C(=O)O)[C@H]1[C@@H](CSc2ccccc2)[C@@H]1C(=O)O. The minimum atomic E-state index is -1.14. The van der Waals surface area contributed by atoms with Gasteiger partial charge in [0.15, 0.2) is 0 Å². The van der Waals surface area contributed by atoms with Crippen LogP contribution in [-0.2, 0) is 9.59 Å². The second kappa shape index (κ2) is 5.63. The van der Waals surface area contributed by atoms with Gasteiger partial charge in [0.2, 0.25) is 0 Å². The van der Waals surface area contributed by atoms with Crippen LogP contribution in [0.1, 0.15) is 0 Å². The van der Waals surface area contributed by atoms with Crippen molar-refractivity contribution in [3.8, 4) is 0 Å². The zero-order valence-corrected chi connectivity index (χ0v) is 10.9. The van der Waals surface area contributed by atoms with Crippen LogP contribution in [0.3, 0.4) is 0 Å². The molecule has 19 heavy (non-hydrogen) atoms. The highest BCUT2D eigenvalue weighted by Gasteiger charge is 2.59. The Morgan fingerprint density at radius 1 is 1.26 bits per heavy atom. The number of aliphatic carboxylic acids is 2. The summed E-state index contributed by atoms with van der Waals surface area (Å²) in [5, 5.41) is 17.9. The maximum absolute atomic E-state index is 11.1. The molecule has 0 aliphatic heterocycles. The van der Waals surface area contributed by atoms with Crippen LogP contribution in [0, 0.1) is 17.8 Å². The van der Waals surface area contributed by atoms with Crippen LogP contribution >= 0.6 is 11.8 Å². The summed E-state index contributed by atoms with van der Waals surface area (Å²) in [6, 6.07) is 8.51. The molecule has 102 valence electrons. The van der Waals surface area contributed by atoms with E-state index >= 15 is 0 Å². The van der Waals surface area contributed by atoms with E-state index in [1.54, 1.807) is 0 Å². The minimum Gasteiger partial charge on any atom is -0.481 e. The number of carbonyl (C=O) groups is 2. The Bertz CT molecular complexity index is 479. The van der Waals surface area contributed by atoms with Gasteiger partial charge in [0.25, 0.3) is 0 Å². The van der Waals surface area contributed by atoms with E-state index in [0.717, 1.165) is 4.90 Å². The number of benzene rings is 1. The average Bonchev–Trinajstić information content (AvgIpc) is 3.11. The second-order valence-electron chi connectivity index (χ2n) is 4.59. The van der Waals surface area contributed by atoms with Crippen LogP contribution in [0.2, 0.25) is 0 Å². The Kier molecular flexibility index (Phi) is 4.11. The summed E-state index contributed by atoms with van der Waals surface area (Å²) in [6.45, 7) is 0. The average molecular weight is 281 g/mol. The van der Waals surface area contributed by atoms with Crippen molar-refractivity contribution in [3.63, 3.8) is 0 Å². The van der Waals surface area contributed by atoms with Gasteiger partial charge < -0.3 is 15.9 Å². The zero-order chi connectivity index (χ0) is 14.0. The summed E-state index contributed by atoms with van der Waals surface area (Å²) in [7, 11) is 0. The molecule has 1 aromatic rings. The van der Waals surface area contributed by atoms with Gasteiger partial charge in [-0.15, -0.1) is 11.8 Å². The number of carboxylic acids is 2. The third kappa shape index (κ3) is 3.08. The Labute approximate surface area is 114 Å². The van der Waals surface area contributed by atoms with Crippen molar-refractivity contribution in [2.75, 3.05) is 5.75 Å². The van der Waals surface area contributed by atoms with Crippen LogP contribution < -0.4 is 5.73 Å². The number of carboxylic acid groups (broad SMARTS) is 2. The van der Waals surface area contributed by atoms with Gasteiger partial charge in [0.1, 0.15) is 6.04 Å². The maximum Gasteiger partial charge on any atom is 0.320 e. The standard InChI is InChI=1S/C13H15NO4S/c14-11(13(17)18)9-8(10(9)12(15)16)6-19-7-4-2-1-3-5-7/h1-5,8-11H,6,14H2,(H,15,16)(H,17,18)/t8-,9+,10+,11+/m1/s1. The Morgan fingerprint density at radius 3 is 2.42 bits per heavy atom. The quantitative estimate of drug-likeness (QED) is 0.676. The maximum atomic E-state index is 11.1. The van der Waals surface area contributed by atoms with Crippen LogP contribution in [0.15, 0.2) is 35.2 Å². The Hall–Kier alpha value is -1.53. The van der Waals surface area contributed by atoms with Crippen molar-refractivity contribution in [1.29, 1.82) is 0 Å². The molecule has 5 nitrogen and oxygen atoms in total. The molecule has 1 aliphatic rings. The Morgan fingerprint density at radius 2 is 1.89 bits per heavy atom. The van der Waals surface area contributed by atoms with Gasteiger partial charge in [0, 0.05) is 16.6 Å². The van der Waals surface area contributed by atoms with Gasteiger partial charge in [-0.2, -0.15) is 0 Å². The second-order valence-corrected chi connectivity index (χ2v) is 5.69. The molecular formula is C13H15NO4S. The molecule has 0 bridgehead atoms. The van der Waals surface area contributed by atoms with Crippen molar-refractivity contribution < 1.29 is 19.8 Å². The van der Waals surface area contributed by atoms with E-state index in [0.29, 0.717) is 5.75 Å². The van der Waals surface area contributed by atoms with Gasteiger partial charge >= 0.3 is 11.9 Å². The number of rotatable bonds is 6. The largest absolute Gasteiger partial charge is 0.481 e. The highest BCUT2D eigenvalue weighted by Crippen LogP contribution is 2.50. The third-order valence-electron chi connectivity index (χ3n) is 3.40. The fraction of sp³-hybridized carbons (Fsp3) is 0.385. The number of hydrogen-bond donors (Lipinski definition) is 3. The van der Waals surface area contributed by atoms with Gasteiger partial charge in [0.05, 0.1) is 5.92 Å². The summed E-state index contributed by atoms with van der Waals surface area (Å²) in [5.74, 6) is -2.79. The first-order chi connectivity index (χ1) is 9.02. The first-order valence-electron chi connectivity index (χ1n) is 5.91. The van der Waals surface area contributed by atoms with Gasteiger partial charge in [-0.05, 0) is 18.1 Å². The predicted octanol–water partition coefficient (Wildman–Crippen LogP) is 1.14. The lowest BCUT2D eigenvalue weighted by Crippen LogP contribution is -2.34. The fourth-order valence-corrected chi connectivity index (χ4v) is 3.49. The van der Waals surface area contributed by atoms with Gasteiger partial charge in [-0.25, -0.2) is 0 Å². The topological polar surface area (TPSA) is 101 Å². The Balaban J connectivity index is 1.96. The van der Waals surface area contributed by atoms with Crippen molar-refractivity contribution in [2.24, 2.45) is 23.5 Å². The first kappa shape index (κ1) is 13.9. The highest BCUT2D eigenvalue weighted by molar-refractivity contribution is 7.99. The molecule has 4 atom stereocenters. The summed E-state index contributed by atoms with van der Waals surface area (Å²) in [4.78, 5) is 22.9. The van der Waals surface area contributed by atoms with Crippen LogP contribution in [0.25, 0.3) is 0 Å². The molecular weight excluding hydrogens is 266 g/mol. The van der Waals surface area contributed by atoms with Crippen LogP contribution in [0.4, 0.5) is 0 Å². The molecule has 1 saturated carbocycles. The molecule has 0 aromatic heterocycles. The molecule has 4 N–H and O–H groups in total. The lowest BCUT2D eigenvalue weighted by molar-refractivity contribution is -0.140. The van der Waals surface area contributed by atoms with E-state index in [4.69, 9.17) is 15.9 Å². The molecule has 0 radical (unpaired) electrons. The molecule has 0 saturated heterocycles. The van der Waals surface area contributed by atoms with E-state index < -0.39 is 29.8 Å². The van der Waals surface area contributed by atoms with Crippen molar-refractivity contribution in [3.05, 3.63) is 30.3 Å². The highest BCUT2D eigenvalue weighted by atomic mass is 32.2. The van der Waals surface area contributed by atoms with E-state index in [2.05, 4.69) is 0 Å². The van der Waals surface area contributed by atoms with E-state index in [-0.39, 0.29) is 5.92 Å². The van der Waals surface area contributed by atoms with Crippen molar-refractivity contribution >= 4 is 23.7 Å². The van der Waals surface area contributed by atoms with E-state index in [1.165, 1.54) is 11.8 Å². The first-order valence-corrected chi connectivity index (χ1v) is 6.90. The van der Waals surface area contributed by atoms with E-state index in [1.807, 2.05) is 30.3 Å². The number of hydrogen-bond acceptors (Lipinski definition) is 4. The predicted molar refractivity (Wildman–Crippen MR) is 70.9 cm³/mol. The molecule has 0 heterocycles. The summed E-state index contributed by atoms with van der Waals surface area (Å²) in [6.07, 6.45) is 0. The smallest absolute Gasteiger partial charge is 0.320 e. The molecule has 0 amide bonds. The molecule has 2 rings (SSSR count). The number of nitrogens with two attached hydrogens (primary N) is 1. The van der Waals surface area contributed by atoms with E-state index in [9.17, 15) is 9.59 Å². The normalized spacial score (nSPS) is 26.7. The summed E-state index contributed by atoms with van der Waals surface area (Å²) >= 11 is 1.53. The third-order valence-corrected chi connectivity index (χ3v) is 4.56. The summed E-state index contributed by atoms with van der Waals surface area (Å²) in [5.41, 5.74) is 5.54. The molecule has 1 fully saturated rings. The molecule has 1 aliphatic carbocycles. The minimum absolute atomic E-state index is 0.172. The molecule has 0 spiro atoms. The van der Waals surface area contributed by atoms with Gasteiger partial charge in [-0.1, -0.05) is 18.2 Å². The van der Waals surface area contributed by atoms with Gasteiger partial charge in [-0.3, -0.25) is 9.59 Å². The fourth-order valence-electron chi connectivity index (χ4n) is 2.33. The molecule has 6 heteroatoms. The molecule has 0 unspecified atom stereocenters. The molecule has 1 aromatic carbocycles. The summed E-state index contributed by atoms with van der Waals surface area (Å²) < 4.78 is 0. The lowest BCUT2D eigenvalue weighted by atomic mass is 10.1. The van der Waals surface area contributed by atoms with Crippen LogP contribution in [0.5, 0.6) is 0 Å². The number of thioether (sulfide) groups is 1.